The highest BCUT2D eigenvalue weighted by Crippen LogP contribution is 2.43. The molecule has 0 unspecified atom stereocenters. The van der Waals surface area contributed by atoms with Crippen molar-refractivity contribution in [1.29, 1.82) is 0 Å². The first kappa shape index (κ1) is 28.8. The van der Waals surface area contributed by atoms with E-state index in [-0.39, 0.29) is 21.9 Å². The zero-order valence-electron chi connectivity index (χ0n) is 22.6. The molecule has 1 saturated carbocycles. The molecule has 1 heterocycles. The zero-order chi connectivity index (χ0) is 28.4. The van der Waals surface area contributed by atoms with E-state index >= 15 is 0 Å². The number of amides is 1. The summed E-state index contributed by atoms with van der Waals surface area (Å²) in [4.78, 5) is 25.5. The van der Waals surface area contributed by atoms with Gasteiger partial charge in [0.25, 0.3) is 5.56 Å². The molecule has 1 aliphatic rings. The van der Waals surface area contributed by atoms with Gasteiger partial charge in [0.1, 0.15) is 5.60 Å². The van der Waals surface area contributed by atoms with E-state index in [0.29, 0.717) is 48.5 Å². The molecule has 4 rings (SSSR count). The number of rotatable bonds is 6. The van der Waals surface area contributed by atoms with Crippen LogP contribution < -0.4 is 10.9 Å². The lowest BCUT2D eigenvalue weighted by molar-refractivity contribution is 0.0504. The average Bonchev–Trinajstić information content (AvgIpc) is 2.87. The van der Waals surface area contributed by atoms with Gasteiger partial charge < -0.3 is 10.1 Å². The normalized spacial score (nSPS) is 19.9. The predicted octanol–water partition coefficient (Wildman–Crippen LogP) is 5.55. The molecule has 0 atom stereocenters. The van der Waals surface area contributed by atoms with Crippen LogP contribution in [-0.4, -0.2) is 42.7 Å². The van der Waals surface area contributed by atoms with E-state index in [1.165, 1.54) is 16.8 Å². The first-order chi connectivity index (χ1) is 18.3. The second-order valence-electron chi connectivity index (χ2n) is 11.2. The Morgan fingerprint density at radius 2 is 1.79 bits per heavy atom. The van der Waals surface area contributed by atoms with Crippen molar-refractivity contribution in [2.75, 3.05) is 12.8 Å². The smallest absolute Gasteiger partial charge is 0.407 e. The van der Waals surface area contributed by atoms with Crippen LogP contribution in [0, 0.1) is 0 Å². The van der Waals surface area contributed by atoms with Crippen molar-refractivity contribution < 1.29 is 17.9 Å². The molecular formula is C29H34ClN3O5S. The van der Waals surface area contributed by atoms with Crippen molar-refractivity contribution in [1.82, 2.24) is 15.1 Å². The molecule has 1 N–H and O–H groups in total. The van der Waals surface area contributed by atoms with E-state index in [4.69, 9.17) is 16.3 Å². The van der Waals surface area contributed by atoms with Crippen LogP contribution in [-0.2, 0) is 20.0 Å². The zero-order valence-corrected chi connectivity index (χ0v) is 24.2. The van der Waals surface area contributed by atoms with Crippen LogP contribution in [0.15, 0.2) is 70.4 Å². The highest BCUT2D eigenvalue weighted by Gasteiger charge is 2.39. The standard InChI is InChI=1S/C29H34ClN3O5S/c1-28(2,3)38-27(35)31-19-29(21-8-6-9-22(30)18-21)15-13-23(14-16-29)33-26(34)12-11-25(32-33)20-7-5-10-24(17-20)39(4,36)37/h5-12,17-18,23H,13-16,19H2,1-4H3,(H,31,35)/t23-,29+. The maximum absolute atomic E-state index is 12.9. The Hall–Kier alpha value is -3.17. The molecule has 39 heavy (non-hydrogen) atoms. The molecule has 1 aliphatic carbocycles. The minimum Gasteiger partial charge on any atom is -0.444 e. The Balaban J connectivity index is 1.59. The molecule has 1 aromatic heterocycles. The van der Waals surface area contributed by atoms with Crippen LogP contribution >= 0.6 is 11.6 Å². The first-order valence-corrected chi connectivity index (χ1v) is 15.2. The average molecular weight is 572 g/mol. The summed E-state index contributed by atoms with van der Waals surface area (Å²) in [6.07, 6.45) is 3.37. The number of hydrogen-bond acceptors (Lipinski definition) is 6. The van der Waals surface area contributed by atoms with Crippen molar-refractivity contribution in [3.63, 3.8) is 0 Å². The summed E-state index contributed by atoms with van der Waals surface area (Å²) in [6.45, 7) is 5.83. The fourth-order valence-electron chi connectivity index (χ4n) is 5.07. The van der Waals surface area contributed by atoms with E-state index in [9.17, 15) is 18.0 Å². The summed E-state index contributed by atoms with van der Waals surface area (Å²) in [5.41, 5.74) is 0.962. The fourth-order valence-corrected chi connectivity index (χ4v) is 5.93. The summed E-state index contributed by atoms with van der Waals surface area (Å²) < 4.78 is 31.0. The monoisotopic (exact) mass is 571 g/mol. The minimum absolute atomic E-state index is 0.149. The van der Waals surface area contributed by atoms with Gasteiger partial charge in [-0.25, -0.2) is 17.9 Å². The number of benzene rings is 2. The van der Waals surface area contributed by atoms with Gasteiger partial charge in [-0.3, -0.25) is 4.79 Å². The largest absolute Gasteiger partial charge is 0.444 e. The van der Waals surface area contributed by atoms with Crippen LogP contribution in [0.5, 0.6) is 0 Å². The molecule has 10 heteroatoms. The Kier molecular flexibility index (Phi) is 8.23. The van der Waals surface area contributed by atoms with Gasteiger partial charge in [0.05, 0.1) is 16.6 Å². The Morgan fingerprint density at radius 3 is 2.44 bits per heavy atom. The summed E-state index contributed by atoms with van der Waals surface area (Å²) in [5.74, 6) is 0. The van der Waals surface area contributed by atoms with E-state index in [2.05, 4.69) is 10.4 Å². The number of carbonyl (C=O) groups excluding carboxylic acids is 1. The van der Waals surface area contributed by atoms with E-state index in [1.807, 2.05) is 45.0 Å². The predicted molar refractivity (Wildman–Crippen MR) is 152 cm³/mol. The number of alkyl carbamates (subject to hydrolysis) is 1. The highest BCUT2D eigenvalue weighted by molar-refractivity contribution is 7.90. The number of carbonyl (C=O) groups is 1. The second kappa shape index (κ2) is 11.1. The molecule has 1 amide bonds. The third kappa shape index (κ3) is 7.08. The van der Waals surface area contributed by atoms with Gasteiger partial charge in [0, 0.05) is 34.9 Å². The van der Waals surface area contributed by atoms with Crippen molar-refractivity contribution in [3.05, 3.63) is 81.6 Å². The van der Waals surface area contributed by atoms with Crippen LogP contribution in [0.2, 0.25) is 5.02 Å². The van der Waals surface area contributed by atoms with E-state index in [0.717, 1.165) is 11.8 Å². The van der Waals surface area contributed by atoms with Gasteiger partial charge in [-0.05, 0) is 82.3 Å². The lowest BCUT2D eigenvalue weighted by atomic mass is 9.68. The van der Waals surface area contributed by atoms with Crippen LogP contribution in [0.25, 0.3) is 11.3 Å². The molecular weight excluding hydrogens is 538 g/mol. The molecule has 0 bridgehead atoms. The molecule has 0 saturated heterocycles. The minimum atomic E-state index is -3.38. The highest BCUT2D eigenvalue weighted by atomic mass is 35.5. The fraction of sp³-hybridized carbons (Fsp3) is 0.414. The molecule has 3 aromatic rings. The lowest BCUT2D eigenvalue weighted by Gasteiger charge is -2.41. The molecule has 2 aromatic carbocycles. The second-order valence-corrected chi connectivity index (χ2v) is 13.6. The third-order valence-corrected chi connectivity index (χ3v) is 8.39. The van der Waals surface area contributed by atoms with Gasteiger partial charge in [-0.1, -0.05) is 35.9 Å². The first-order valence-electron chi connectivity index (χ1n) is 12.9. The number of nitrogens with one attached hydrogen (secondary N) is 1. The summed E-state index contributed by atoms with van der Waals surface area (Å²) in [7, 11) is -3.38. The Morgan fingerprint density at radius 1 is 1.10 bits per heavy atom. The van der Waals surface area contributed by atoms with Crippen molar-refractivity contribution in [2.45, 2.75) is 68.4 Å². The number of sulfone groups is 1. The number of nitrogens with zero attached hydrogens (tertiary/aromatic N) is 2. The number of hydrogen-bond donors (Lipinski definition) is 1. The van der Waals surface area contributed by atoms with Crippen molar-refractivity contribution in [2.24, 2.45) is 0 Å². The topological polar surface area (TPSA) is 107 Å². The van der Waals surface area contributed by atoms with Crippen LogP contribution in [0.4, 0.5) is 4.79 Å². The molecule has 0 aliphatic heterocycles. The van der Waals surface area contributed by atoms with Crippen LogP contribution in [0.1, 0.15) is 58.1 Å². The van der Waals surface area contributed by atoms with Gasteiger partial charge >= 0.3 is 6.09 Å². The van der Waals surface area contributed by atoms with Crippen molar-refractivity contribution in [3.8, 4) is 11.3 Å². The molecule has 0 radical (unpaired) electrons. The third-order valence-electron chi connectivity index (χ3n) is 7.05. The number of ether oxygens (including phenoxy) is 1. The Bertz CT molecular complexity index is 1520. The molecule has 1 fully saturated rings. The quantitative estimate of drug-likeness (QED) is 0.416. The van der Waals surface area contributed by atoms with Gasteiger partial charge in [0.2, 0.25) is 0 Å². The van der Waals surface area contributed by atoms with E-state index < -0.39 is 21.5 Å². The summed E-state index contributed by atoms with van der Waals surface area (Å²) in [6, 6.07) is 17.2. The maximum Gasteiger partial charge on any atom is 0.407 e. The summed E-state index contributed by atoms with van der Waals surface area (Å²) >= 11 is 6.33. The molecule has 208 valence electrons. The van der Waals surface area contributed by atoms with E-state index in [1.54, 1.807) is 24.3 Å². The number of aromatic nitrogens is 2. The Labute approximate surface area is 234 Å². The molecule has 0 spiro atoms. The van der Waals surface area contributed by atoms with Crippen molar-refractivity contribution >= 4 is 27.5 Å². The van der Waals surface area contributed by atoms with Gasteiger partial charge in [-0.15, -0.1) is 0 Å². The van der Waals surface area contributed by atoms with Gasteiger partial charge in [0.15, 0.2) is 9.84 Å². The SMILES string of the molecule is CC(C)(C)OC(=O)NC[C@]1(c2cccc(Cl)c2)CC[C@@H](n2nc(-c3cccc(S(C)(=O)=O)c3)ccc2=O)CC1. The maximum atomic E-state index is 12.9. The van der Waals surface area contributed by atoms with Crippen LogP contribution in [0.3, 0.4) is 0 Å². The molecule has 8 nitrogen and oxygen atoms in total. The lowest BCUT2D eigenvalue weighted by Crippen LogP contribution is -2.45. The van der Waals surface area contributed by atoms with Gasteiger partial charge in [-0.2, -0.15) is 5.10 Å². The summed E-state index contributed by atoms with van der Waals surface area (Å²) in [5, 5.41) is 8.20. The number of halogens is 1.